The van der Waals surface area contributed by atoms with Gasteiger partial charge in [-0.2, -0.15) is 13.2 Å². The quantitative estimate of drug-likeness (QED) is 0.348. The molecule has 0 spiro atoms. The third kappa shape index (κ3) is 6.80. The van der Waals surface area contributed by atoms with E-state index in [0.29, 0.717) is 52.8 Å². The summed E-state index contributed by atoms with van der Waals surface area (Å²) in [6, 6.07) is 9.50. The number of hydrogen-bond donors (Lipinski definition) is 0. The fraction of sp³-hybridized carbons (Fsp3) is 0.407. The van der Waals surface area contributed by atoms with Crippen LogP contribution in [0.5, 0.6) is 0 Å². The van der Waals surface area contributed by atoms with Gasteiger partial charge in [-0.15, -0.1) is 0 Å². The molecule has 0 N–H and O–H groups in total. The maximum atomic E-state index is 13.0. The summed E-state index contributed by atoms with van der Waals surface area (Å²) in [6.07, 6.45) is -2.92. The van der Waals surface area contributed by atoms with E-state index in [-0.39, 0.29) is 11.9 Å². The molecule has 0 amide bonds. The smallest absolute Gasteiger partial charge is 0.416 e. The Hall–Kier alpha value is -3.49. The number of nitrogens with zero attached hydrogens (tertiary/aromatic N) is 2. The number of ether oxygens (including phenoxy) is 2. The third-order valence-electron chi connectivity index (χ3n) is 5.50. The molecule has 0 aliphatic rings. The predicted octanol–water partition coefficient (Wildman–Crippen LogP) is 6.40. The van der Waals surface area contributed by atoms with Crippen LogP contribution in [-0.4, -0.2) is 34.6 Å². The summed E-state index contributed by atoms with van der Waals surface area (Å²) in [5.74, 6) is -1.14. The molecular weight excluding hydrogens is 473 g/mol. The molecule has 0 fully saturated rings. The molecule has 0 aliphatic heterocycles. The van der Waals surface area contributed by atoms with E-state index >= 15 is 0 Å². The fourth-order valence-electron chi connectivity index (χ4n) is 3.65. The highest BCUT2D eigenvalue weighted by molar-refractivity contribution is 5.93. The number of carbonyl (C=O) groups is 2. The normalized spacial score (nSPS) is 12.9. The summed E-state index contributed by atoms with van der Waals surface area (Å²) < 4.78 is 49.4. The number of benzene rings is 2. The molecule has 1 unspecified atom stereocenters. The zero-order chi connectivity index (χ0) is 26.7. The lowest BCUT2D eigenvalue weighted by molar-refractivity contribution is -0.159. The minimum atomic E-state index is -4.45. The van der Waals surface area contributed by atoms with Gasteiger partial charge in [-0.05, 0) is 70.4 Å². The van der Waals surface area contributed by atoms with E-state index in [2.05, 4.69) is 4.98 Å². The highest BCUT2D eigenvalue weighted by Gasteiger charge is 2.30. The maximum Gasteiger partial charge on any atom is 0.416 e. The van der Waals surface area contributed by atoms with Gasteiger partial charge in [0.15, 0.2) is 0 Å². The van der Waals surface area contributed by atoms with Gasteiger partial charge >= 0.3 is 18.1 Å². The Balaban J connectivity index is 1.93. The summed E-state index contributed by atoms with van der Waals surface area (Å²) in [7, 11) is 1.28. The lowest BCUT2D eigenvalue weighted by Crippen LogP contribution is -2.27. The number of rotatable bonds is 7. The second kappa shape index (κ2) is 10.6. The second-order valence-corrected chi connectivity index (χ2v) is 9.62. The molecule has 36 heavy (non-hydrogen) atoms. The van der Waals surface area contributed by atoms with Crippen LogP contribution in [0.4, 0.5) is 13.2 Å². The average molecular weight is 503 g/mol. The minimum Gasteiger partial charge on any atom is -0.465 e. The summed E-state index contributed by atoms with van der Waals surface area (Å²) in [4.78, 5) is 33.6. The number of esters is 2. The minimum absolute atomic E-state index is 0.294. The number of methoxy groups -OCH3 is 1. The van der Waals surface area contributed by atoms with Crippen molar-refractivity contribution in [1.82, 2.24) is 9.97 Å². The first-order valence-electron chi connectivity index (χ1n) is 11.6. The Labute approximate surface area is 207 Å². The topological polar surface area (TPSA) is 78.4 Å². The van der Waals surface area contributed by atoms with Crippen molar-refractivity contribution >= 4 is 23.0 Å². The average Bonchev–Trinajstić information content (AvgIpc) is 2.81. The monoisotopic (exact) mass is 502 g/mol. The van der Waals surface area contributed by atoms with Crippen molar-refractivity contribution < 1.29 is 32.2 Å². The van der Waals surface area contributed by atoms with Gasteiger partial charge in [0.25, 0.3) is 0 Å². The van der Waals surface area contributed by atoms with E-state index in [0.717, 1.165) is 12.1 Å². The standard InChI is InChI=1S/C27H29F3N2O4/c1-16(24(33)36-26(2,3)4)7-6-8-21-23(17-9-12-19(13-10-17)27(28,29)30)32-20-14-11-18(25(34)35-5)15-22(20)31-21/h9-16H,6-8H2,1-5H3. The van der Waals surface area contributed by atoms with Crippen LogP contribution in [0, 0.1) is 5.92 Å². The van der Waals surface area contributed by atoms with Crippen molar-refractivity contribution in [2.75, 3.05) is 7.11 Å². The molecule has 1 aromatic heterocycles. The SMILES string of the molecule is COC(=O)c1ccc2nc(-c3ccc(C(F)(F)F)cc3)c(CCCC(C)C(=O)OC(C)(C)C)nc2c1. The van der Waals surface area contributed by atoms with Gasteiger partial charge in [-0.3, -0.25) is 4.79 Å². The molecule has 1 heterocycles. The molecule has 3 rings (SSSR count). The van der Waals surface area contributed by atoms with Gasteiger partial charge in [0.05, 0.1) is 46.6 Å². The molecule has 6 nitrogen and oxygen atoms in total. The molecule has 9 heteroatoms. The number of halogens is 3. The highest BCUT2D eigenvalue weighted by Crippen LogP contribution is 2.32. The molecular formula is C27H29F3N2O4. The molecule has 2 aromatic carbocycles. The van der Waals surface area contributed by atoms with Crippen LogP contribution in [0.15, 0.2) is 42.5 Å². The van der Waals surface area contributed by atoms with E-state index in [1.54, 1.807) is 45.9 Å². The Morgan fingerprint density at radius 1 is 0.972 bits per heavy atom. The number of aryl methyl sites for hydroxylation is 1. The van der Waals surface area contributed by atoms with Gasteiger partial charge in [0.2, 0.25) is 0 Å². The Kier molecular flexibility index (Phi) is 8.01. The summed E-state index contributed by atoms with van der Waals surface area (Å²) >= 11 is 0. The van der Waals surface area contributed by atoms with Crippen molar-refractivity contribution in [2.24, 2.45) is 5.92 Å². The molecule has 3 aromatic rings. The van der Waals surface area contributed by atoms with Crippen molar-refractivity contribution in [3.8, 4) is 11.3 Å². The molecule has 192 valence electrons. The van der Waals surface area contributed by atoms with Crippen molar-refractivity contribution in [3.63, 3.8) is 0 Å². The number of aromatic nitrogens is 2. The first-order valence-corrected chi connectivity index (χ1v) is 11.6. The van der Waals surface area contributed by atoms with Gasteiger partial charge in [-0.1, -0.05) is 19.1 Å². The largest absolute Gasteiger partial charge is 0.465 e. The number of hydrogen-bond acceptors (Lipinski definition) is 6. The number of fused-ring (bicyclic) bond motifs is 1. The Morgan fingerprint density at radius 3 is 2.22 bits per heavy atom. The summed E-state index contributed by atoms with van der Waals surface area (Å²) in [5, 5.41) is 0. The summed E-state index contributed by atoms with van der Waals surface area (Å²) in [5.41, 5.74) is 1.42. The van der Waals surface area contributed by atoms with E-state index < -0.39 is 23.3 Å². The first-order chi connectivity index (χ1) is 16.8. The first kappa shape index (κ1) is 27.1. The van der Waals surface area contributed by atoms with E-state index in [1.807, 2.05) is 0 Å². The van der Waals surface area contributed by atoms with E-state index in [1.165, 1.54) is 19.2 Å². The van der Waals surface area contributed by atoms with Crippen LogP contribution < -0.4 is 0 Å². The Bertz CT molecular complexity index is 1250. The maximum absolute atomic E-state index is 13.0. The summed E-state index contributed by atoms with van der Waals surface area (Å²) in [6.45, 7) is 7.21. The zero-order valence-corrected chi connectivity index (χ0v) is 20.9. The molecule has 1 atom stereocenters. The fourth-order valence-corrected chi connectivity index (χ4v) is 3.65. The molecule has 0 bridgehead atoms. The van der Waals surface area contributed by atoms with Gasteiger partial charge < -0.3 is 9.47 Å². The zero-order valence-electron chi connectivity index (χ0n) is 20.9. The highest BCUT2D eigenvalue weighted by atomic mass is 19.4. The van der Waals surface area contributed by atoms with Gasteiger partial charge in [0.1, 0.15) is 5.60 Å². The molecule has 0 aliphatic carbocycles. The second-order valence-electron chi connectivity index (χ2n) is 9.62. The van der Waals surface area contributed by atoms with Crippen LogP contribution in [-0.2, 0) is 26.9 Å². The third-order valence-corrected chi connectivity index (χ3v) is 5.50. The van der Waals surface area contributed by atoms with Crippen LogP contribution in [0.2, 0.25) is 0 Å². The number of alkyl halides is 3. The number of carbonyl (C=O) groups excluding carboxylic acids is 2. The van der Waals surface area contributed by atoms with Crippen LogP contribution in [0.1, 0.15) is 62.2 Å². The predicted molar refractivity (Wildman–Crippen MR) is 129 cm³/mol. The van der Waals surface area contributed by atoms with Crippen LogP contribution >= 0.6 is 0 Å². The van der Waals surface area contributed by atoms with Crippen molar-refractivity contribution in [1.29, 1.82) is 0 Å². The van der Waals surface area contributed by atoms with Crippen LogP contribution in [0.3, 0.4) is 0 Å². The van der Waals surface area contributed by atoms with Gasteiger partial charge in [0, 0.05) is 5.56 Å². The van der Waals surface area contributed by atoms with E-state index in [4.69, 9.17) is 14.5 Å². The van der Waals surface area contributed by atoms with Crippen molar-refractivity contribution in [3.05, 3.63) is 59.3 Å². The van der Waals surface area contributed by atoms with Crippen LogP contribution in [0.25, 0.3) is 22.3 Å². The molecule has 0 radical (unpaired) electrons. The molecule has 0 saturated heterocycles. The lowest BCUT2D eigenvalue weighted by Gasteiger charge is -2.22. The lowest BCUT2D eigenvalue weighted by atomic mass is 9.99. The Morgan fingerprint density at radius 2 is 1.64 bits per heavy atom. The van der Waals surface area contributed by atoms with Crippen molar-refractivity contribution in [2.45, 2.75) is 58.7 Å². The van der Waals surface area contributed by atoms with Gasteiger partial charge in [-0.25, -0.2) is 14.8 Å². The van der Waals surface area contributed by atoms with E-state index in [9.17, 15) is 22.8 Å². The molecule has 0 saturated carbocycles.